The molecule has 0 saturated heterocycles. The molecule has 2 aromatic rings. The SMILES string of the molecule is CCC(C)C(N)C(=O)Nc1ccc(NC(=O)c2ccco2)c(C)c1. The Bertz CT molecular complexity index is 710. The van der Waals surface area contributed by atoms with Crippen molar-refractivity contribution in [2.75, 3.05) is 10.6 Å². The molecule has 0 bridgehead atoms. The number of hydrogen-bond donors (Lipinski definition) is 3. The minimum absolute atomic E-state index is 0.109. The molecule has 2 amide bonds. The lowest BCUT2D eigenvalue weighted by Gasteiger charge is -2.18. The Morgan fingerprint density at radius 3 is 2.58 bits per heavy atom. The number of carbonyl (C=O) groups is 2. The van der Waals surface area contributed by atoms with E-state index in [9.17, 15) is 9.59 Å². The number of benzene rings is 1. The minimum Gasteiger partial charge on any atom is -0.459 e. The molecule has 0 radical (unpaired) electrons. The van der Waals surface area contributed by atoms with Crippen LogP contribution in [-0.4, -0.2) is 17.9 Å². The molecule has 0 aliphatic carbocycles. The van der Waals surface area contributed by atoms with Crippen LogP contribution in [0.1, 0.15) is 36.4 Å². The number of nitrogens with one attached hydrogen (secondary N) is 2. The molecular formula is C18H23N3O3. The van der Waals surface area contributed by atoms with Crippen molar-refractivity contribution >= 4 is 23.2 Å². The van der Waals surface area contributed by atoms with Gasteiger partial charge in [0.05, 0.1) is 12.3 Å². The summed E-state index contributed by atoms with van der Waals surface area (Å²) in [6.45, 7) is 5.79. The maximum absolute atomic E-state index is 12.1. The third-order valence-electron chi connectivity index (χ3n) is 4.05. The van der Waals surface area contributed by atoms with E-state index in [2.05, 4.69) is 10.6 Å². The van der Waals surface area contributed by atoms with Crippen LogP contribution in [0.25, 0.3) is 0 Å². The fourth-order valence-electron chi connectivity index (χ4n) is 2.21. The van der Waals surface area contributed by atoms with E-state index < -0.39 is 6.04 Å². The molecule has 0 aliphatic heterocycles. The van der Waals surface area contributed by atoms with Gasteiger partial charge in [-0.2, -0.15) is 0 Å². The Hall–Kier alpha value is -2.60. The third-order valence-corrected chi connectivity index (χ3v) is 4.05. The molecule has 128 valence electrons. The van der Waals surface area contributed by atoms with Crippen molar-refractivity contribution in [2.45, 2.75) is 33.2 Å². The number of aryl methyl sites for hydroxylation is 1. The highest BCUT2D eigenvalue weighted by molar-refractivity contribution is 6.03. The monoisotopic (exact) mass is 329 g/mol. The second-order valence-corrected chi connectivity index (χ2v) is 5.86. The van der Waals surface area contributed by atoms with Crippen molar-refractivity contribution in [3.05, 3.63) is 47.9 Å². The van der Waals surface area contributed by atoms with Crippen LogP contribution in [0.3, 0.4) is 0 Å². The molecule has 6 heteroatoms. The molecule has 0 fully saturated rings. The standard InChI is InChI=1S/C18H23N3O3/c1-4-11(2)16(19)18(23)20-13-7-8-14(12(3)10-13)21-17(22)15-6-5-9-24-15/h5-11,16H,4,19H2,1-3H3,(H,20,23)(H,21,22). The number of nitrogens with two attached hydrogens (primary N) is 1. The van der Waals surface area contributed by atoms with Crippen molar-refractivity contribution in [1.29, 1.82) is 0 Å². The quantitative estimate of drug-likeness (QED) is 0.758. The van der Waals surface area contributed by atoms with E-state index in [1.807, 2.05) is 20.8 Å². The first-order valence-electron chi connectivity index (χ1n) is 7.94. The van der Waals surface area contributed by atoms with E-state index in [4.69, 9.17) is 10.2 Å². The summed E-state index contributed by atoms with van der Waals surface area (Å²) in [6, 6.07) is 7.95. The fourth-order valence-corrected chi connectivity index (χ4v) is 2.21. The van der Waals surface area contributed by atoms with E-state index in [0.29, 0.717) is 11.4 Å². The van der Waals surface area contributed by atoms with Gasteiger partial charge in [-0.15, -0.1) is 0 Å². The summed E-state index contributed by atoms with van der Waals surface area (Å²) in [5, 5.41) is 5.58. The van der Waals surface area contributed by atoms with Crippen LogP contribution in [0.2, 0.25) is 0 Å². The van der Waals surface area contributed by atoms with Gasteiger partial charge in [-0.3, -0.25) is 9.59 Å². The molecule has 0 saturated carbocycles. The minimum atomic E-state index is -0.548. The largest absolute Gasteiger partial charge is 0.459 e. The molecule has 4 N–H and O–H groups in total. The summed E-state index contributed by atoms with van der Waals surface area (Å²) in [4.78, 5) is 24.1. The summed E-state index contributed by atoms with van der Waals surface area (Å²) in [7, 11) is 0. The average Bonchev–Trinajstić information content (AvgIpc) is 3.10. The smallest absolute Gasteiger partial charge is 0.291 e. The Labute approximate surface area is 141 Å². The Morgan fingerprint density at radius 1 is 1.25 bits per heavy atom. The third kappa shape index (κ3) is 4.23. The molecule has 0 spiro atoms. The predicted molar refractivity (Wildman–Crippen MR) is 93.9 cm³/mol. The second-order valence-electron chi connectivity index (χ2n) is 5.86. The molecule has 2 atom stereocenters. The summed E-state index contributed by atoms with van der Waals surface area (Å²) in [6.07, 6.45) is 2.28. The van der Waals surface area contributed by atoms with Gasteiger partial charge < -0.3 is 20.8 Å². The van der Waals surface area contributed by atoms with Crippen LogP contribution >= 0.6 is 0 Å². The van der Waals surface area contributed by atoms with Gasteiger partial charge in [-0.05, 0) is 48.7 Å². The lowest BCUT2D eigenvalue weighted by Crippen LogP contribution is -2.40. The van der Waals surface area contributed by atoms with Gasteiger partial charge in [0.2, 0.25) is 5.91 Å². The van der Waals surface area contributed by atoms with Crippen LogP contribution in [0, 0.1) is 12.8 Å². The van der Waals surface area contributed by atoms with Crippen LogP contribution in [0.5, 0.6) is 0 Å². The Kier molecular flexibility index (Phi) is 5.76. The maximum Gasteiger partial charge on any atom is 0.291 e. The first kappa shape index (κ1) is 17.7. The van der Waals surface area contributed by atoms with Crippen molar-refractivity contribution in [3.8, 4) is 0 Å². The molecule has 6 nitrogen and oxygen atoms in total. The van der Waals surface area contributed by atoms with Crippen LogP contribution in [0.4, 0.5) is 11.4 Å². The van der Waals surface area contributed by atoms with Crippen LogP contribution in [-0.2, 0) is 4.79 Å². The van der Waals surface area contributed by atoms with Gasteiger partial charge >= 0.3 is 0 Å². The molecule has 1 aromatic heterocycles. The molecule has 1 heterocycles. The molecule has 2 unspecified atom stereocenters. The summed E-state index contributed by atoms with van der Waals surface area (Å²) >= 11 is 0. The van der Waals surface area contributed by atoms with Gasteiger partial charge in [0.15, 0.2) is 5.76 Å². The van der Waals surface area contributed by atoms with Crippen molar-refractivity contribution < 1.29 is 14.0 Å². The zero-order valence-corrected chi connectivity index (χ0v) is 14.1. The molecule has 24 heavy (non-hydrogen) atoms. The number of rotatable bonds is 6. The van der Waals surface area contributed by atoms with E-state index in [1.54, 1.807) is 30.3 Å². The first-order valence-corrected chi connectivity index (χ1v) is 7.94. The summed E-state index contributed by atoms with van der Waals surface area (Å²) in [5.74, 6) is -0.181. The highest BCUT2D eigenvalue weighted by Gasteiger charge is 2.19. The second kappa shape index (κ2) is 7.79. The van der Waals surface area contributed by atoms with Gasteiger partial charge in [0.1, 0.15) is 0 Å². The molecular weight excluding hydrogens is 306 g/mol. The predicted octanol–water partition coefficient (Wildman–Crippen LogP) is 3.15. The van der Waals surface area contributed by atoms with Crippen molar-refractivity contribution in [1.82, 2.24) is 0 Å². The zero-order chi connectivity index (χ0) is 17.7. The number of hydrogen-bond acceptors (Lipinski definition) is 4. The fraction of sp³-hybridized carbons (Fsp3) is 0.333. The van der Waals surface area contributed by atoms with Crippen LogP contribution in [0.15, 0.2) is 41.0 Å². The van der Waals surface area contributed by atoms with Gasteiger partial charge in [0.25, 0.3) is 5.91 Å². The normalized spacial score (nSPS) is 13.2. The van der Waals surface area contributed by atoms with E-state index in [0.717, 1.165) is 12.0 Å². The number of amides is 2. The number of anilines is 2. The maximum atomic E-state index is 12.1. The van der Waals surface area contributed by atoms with Gasteiger partial charge in [-0.25, -0.2) is 0 Å². The van der Waals surface area contributed by atoms with E-state index in [-0.39, 0.29) is 23.5 Å². The van der Waals surface area contributed by atoms with Crippen molar-refractivity contribution in [2.24, 2.45) is 11.7 Å². The summed E-state index contributed by atoms with van der Waals surface area (Å²) in [5.41, 5.74) is 8.05. The van der Waals surface area contributed by atoms with Gasteiger partial charge in [0, 0.05) is 11.4 Å². The highest BCUT2D eigenvalue weighted by atomic mass is 16.3. The van der Waals surface area contributed by atoms with E-state index in [1.165, 1.54) is 6.26 Å². The molecule has 1 aromatic carbocycles. The zero-order valence-electron chi connectivity index (χ0n) is 14.1. The lowest BCUT2D eigenvalue weighted by molar-refractivity contribution is -0.118. The number of furan rings is 1. The first-order chi connectivity index (χ1) is 11.4. The van der Waals surface area contributed by atoms with Crippen molar-refractivity contribution in [3.63, 3.8) is 0 Å². The summed E-state index contributed by atoms with van der Waals surface area (Å²) < 4.78 is 5.06. The topological polar surface area (TPSA) is 97.4 Å². The molecule has 0 aliphatic rings. The van der Waals surface area contributed by atoms with Crippen LogP contribution < -0.4 is 16.4 Å². The Balaban J connectivity index is 2.04. The highest BCUT2D eigenvalue weighted by Crippen LogP contribution is 2.21. The Morgan fingerprint density at radius 2 is 2.00 bits per heavy atom. The van der Waals surface area contributed by atoms with Gasteiger partial charge in [-0.1, -0.05) is 20.3 Å². The lowest BCUT2D eigenvalue weighted by atomic mass is 9.99. The average molecular weight is 329 g/mol. The van der Waals surface area contributed by atoms with E-state index >= 15 is 0 Å². The number of carbonyl (C=O) groups excluding carboxylic acids is 2. The molecule has 2 rings (SSSR count).